The summed E-state index contributed by atoms with van der Waals surface area (Å²) in [6.45, 7) is 1.39. The van der Waals surface area contributed by atoms with Crippen LogP contribution >= 0.6 is 0 Å². The fourth-order valence-electron chi connectivity index (χ4n) is 0. The van der Waals surface area contributed by atoms with Gasteiger partial charge in [-0.15, -0.1) is 0 Å². The van der Waals surface area contributed by atoms with Gasteiger partial charge in [0.2, 0.25) is 0 Å². The van der Waals surface area contributed by atoms with Crippen LogP contribution in [0, 0.1) is 0 Å². The van der Waals surface area contributed by atoms with Crippen LogP contribution < -0.4 is 29.6 Å². The zero-order valence-corrected chi connectivity index (χ0v) is 6.18. The summed E-state index contributed by atoms with van der Waals surface area (Å²) in [7, 11) is 0. The zero-order chi connectivity index (χ0) is 4.28. The first-order valence-electron chi connectivity index (χ1n) is 1.56. The predicted octanol–water partition coefficient (Wildman–Crippen LogP) is -3.64. The van der Waals surface area contributed by atoms with E-state index in [9.17, 15) is 0 Å². The third-order valence-corrected chi connectivity index (χ3v) is 0.264. The summed E-state index contributed by atoms with van der Waals surface area (Å²) in [5.41, 5.74) is 0. The molecular weight excluding hydrogens is 91.0 g/mol. The number of aliphatic hydroxyl groups excluding tert-OH is 2. The Labute approximate surface area is 59.5 Å². The quantitative estimate of drug-likeness (QED) is 0.333. The minimum absolute atomic E-state index is 0. The summed E-state index contributed by atoms with van der Waals surface area (Å²) in [5.74, 6) is 0. The molecule has 0 aliphatic heterocycles. The maximum atomic E-state index is 8.11. The largest absolute Gasteiger partial charge is 1.00 e. The molecule has 0 aromatic carbocycles. The van der Waals surface area contributed by atoms with E-state index >= 15 is 0 Å². The smallest absolute Gasteiger partial charge is 0.394 e. The Kier molecular flexibility index (Phi) is 9.89. The summed E-state index contributed by atoms with van der Waals surface area (Å²) in [4.78, 5) is 0. The van der Waals surface area contributed by atoms with Crippen LogP contribution in [0.4, 0.5) is 0 Å². The van der Waals surface area contributed by atoms with Crippen molar-refractivity contribution < 1.29 is 39.8 Å². The monoisotopic (exact) mass is 99.0 g/mol. The molecule has 0 aromatic rings. The zero-order valence-electron chi connectivity index (χ0n) is 4.18. The van der Waals surface area contributed by atoms with Crippen LogP contribution in [0.1, 0.15) is 6.92 Å². The first-order chi connectivity index (χ1) is 2.27. The van der Waals surface area contributed by atoms with E-state index in [-0.39, 0.29) is 36.2 Å². The van der Waals surface area contributed by atoms with Gasteiger partial charge in [-0.2, -0.15) is 0 Å². The second kappa shape index (κ2) is 5.92. The van der Waals surface area contributed by atoms with Gasteiger partial charge >= 0.3 is 29.6 Å². The van der Waals surface area contributed by atoms with Gasteiger partial charge in [-0.25, -0.2) is 0 Å². The maximum absolute atomic E-state index is 8.11. The molecule has 0 spiro atoms. The number of hydrogen-bond donors (Lipinski definition) is 2. The number of aliphatic hydroxyl groups is 2. The average molecular weight is 99.1 g/mol. The van der Waals surface area contributed by atoms with Crippen molar-refractivity contribution in [2.75, 3.05) is 6.61 Å². The summed E-state index contributed by atoms with van der Waals surface area (Å²) >= 11 is 0. The van der Waals surface area contributed by atoms with Gasteiger partial charge in [0, 0.05) is 0 Å². The molecule has 0 aliphatic carbocycles. The predicted molar refractivity (Wildman–Crippen MR) is 18.8 cm³/mol. The van der Waals surface area contributed by atoms with E-state index in [0.29, 0.717) is 0 Å². The average Bonchev–Trinajstić information content (AvgIpc) is 1.38. The molecule has 0 aromatic heterocycles. The van der Waals surface area contributed by atoms with Crippen LogP contribution in [0.25, 0.3) is 0 Å². The molecular formula is C3H8NaO2+. The number of rotatable bonds is 1. The first kappa shape index (κ1) is 10.0. The molecule has 1 unspecified atom stereocenters. The second-order valence-electron chi connectivity index (χ2n) is 1.03. The molecule has 2 N–H and O–H groups in total. The molecule has 0 heterocycles. The topological polar surface area (TPSA) is 40.5 Å². The Hall–Kier alpha value is 0.920. The van der Waals surface area contributed by atoms with Gasteiger partial charge in [-0.3, -0.25) is 0 Å². The molecule has 0 rings (SSSR count). The molecule has 1 atom stereocenters. The van der Waals surface area contributed by atoms with Crippen LogP contribution in [0.15, 0.2) is 0 Å². The Morgan fingerprint density at radius 2 is 1.83 bits per heavy atom. The molecule has 0 aliphatic rings. The Morgan fingerprint density at radius 3 is 1.83 bits per heavy atom. The van der Waals surface area contributed by atoms with Crippen molar-refractivity contribution in [1.29, 1.82) is 0 Å². The fourth-order valence-corrected chi connectivity index (χ4v) is 0. The minimum Gasteiger partial charge on any atom is -0.394 e. The minimum atomic E-state index is -0.560. The van der Waals surface area contributed by atoms with Crippen molar-refractivity contribution >= 4 is 0 Å². The standard InChI is InChI=1S/C3H8O2.Na/c1-3(5)2-4;/h3-5H,2H2,1H3;/q;+1. The van der Waals surface area contributed by atoms with Gasteiger partial charge < -0.3 is 10.2 Å². The third kappa shape index (κ3) is 8.87. The summed E-state index contributed by atoms with van der Waals surface area (Å²) in [6.07, 6.45) is -0.560. The Balaban J connectivity index is 0. The van der Waals surface area contributed by atoms with Crippen LogP contribution in [-0.4, -0.2) is 22.9 Å². The summed E-state index contributed by atoms with van der Waals surface area (Å²) < 4.78 is 0. The van der Waals surface area contributed by atoms with Crippen molar-refractivity contribution in [3.05, 3.63) is 0 Å². The first-order valence-corrected chi connectivity index (χ1v) is 1.56. The van der Waals surface area contributed by atoms with Crippen LogP contribution in [0.5, 0.6) is 0 Å². The molecule has 0 radical (unpaired) electrons. The molecule has 3 heteroatoms. The summed E-state index contributed by atoms with van der Waals surface area (Å²) in [5, 5.41) is 16.0. The molecule has 2 nitrogen and oxygen atoms in total. The molecule has 6 heavy (non-hydrogen) atoms. The van der Waals surface area contributed by atoms with Gasteiger partial charge in [0.1, 0.15) is 0 Å². The van der Waals surface area contributed by atoms with E-state index < -0.39 is 6.10 Å². The Morgan fingerprint density at radius 1 is 1.67 bits per heavy atom. The van der Waals surface area contributed by atoms with E-state index in [1.54, 1.807) is 0 Å². The molecule has 0 bridgehead atoms. The van der Waals surface area contributed by atoms with Gasteiger partial charge in [-0.05, 0) is 6.92 Å². The molecule has 0 saturated heterocycles. The van der Waals surface area contributed by atoms with Crippen LogP contribution in [0.3, 0.4) is 0 Å². The fraction of sp³-hybridized carbons (Fsp3) is 1.00. The van der Waals surface area contributed by atoms with Crippen LogP contribution in [0.2, 0.25) is 0 Å². The van der Waals surface area contributed by atoms with E-state index in [1.807, 2.05) is 0 Å². The van der Waals surface area contributed by atoms with E-state index in [2.05, 4.69) is 0 Å². The SMILES string of the molecule is CC(O)CO.[Na+]. The van der Waals surface area contributed by atoms with Crippen molar-refractivity contribution in [3.8, 4) is 0 Å². The molecule has 32 valence electrons. The van der Waals surface area contributed by atoms with Gasteiger partial charge in [0.05, 0.1) is 12.7 Å². The van der Waals surface area contributed by atoms with Crippen LogP contribution in [-0.2, 0) is 0 Å². The number of hydrogen-bond acceptors (Lipinski definition) is 2. The van der Waals surface area contributed by atoms with Crippen molar-refractivity contribution in [1.82, 2.24) is 0 Å². The van der Waals surface area contributed by atoms with E-state index in [4.69, 9.17) is 10.2 Å². The summed E-state index contributed by atoms with van der Waals surface area (Å²) in [6, 6.07) is 0. The van der Waals surface area contributed by atoms with E-state index in [1.165, 1.54) is 6.92 Å². The van der Waals surface area contributed by atoms with Gasteiger partial charge in [0.15, 0.2) is 0 Å². The van der Waals surface area contributed by atoms with Gasteiger partial charge in [0.25, 0.3) is 0 Å². The van der Waals surface area contributed by atoms with Crippen molar-refractivity contribution in [2.45, 2.75) is 13.0 Å². The van der Waals surface area contributed by atoms with Crippen molar-refractivity contribution in [3.63, 3.8) is 0 Å². The second-order valence-corrected chi connectivity index (χ2v) is 1.03. The third-order valence-electron chi connectivity index (χ3n) is 0.264. The molecule has 0 amide bonds. The molecule has 0 saturated carbocycles. The maximum Gasteiger partial charge on any atom is 1.00 e. The molecule has 0 fully saturated rings. The van der Waals surface area contributed by atoms with Gasteiger partial charge in [-0.1, -0.05) is 0 Å². The Bertz CT molecular complexity index is 22.8. The van der Waals surface area contributed by atoms with Crippen molar-refractivity contribution in [2.24, 2.45) is 0 Å². The normalized spacial score (nSPS) is 12.5. The van der Waals surface area contributed by atoms with E-state index in [0.717, 1.165) is 0 Å².